The van der Waals surface area contributed by atoms with Crippen LogP contribution in [-0.4, -0.2) is 43.3 Å². The molecule has 0 aliphatic heterocycles. The average molecular weight is 240 g/mol. The highest BCUT2D eigenvalue weighted by molar-refractivity contribution is 5.73. The summed E-state index contributed by atoms with van der Waals surface area (Å²) in [5, 5.41) is 26.2. The molecule has 1 heterocycles. The normalized spacial score (nSPS) is 26.0. The summed E-state index contributed by atoms with van der Waals surface area (Å²) in [6.07, 6.45) is 4.04. The van der Waals surface area contributed by atoms with E-state index in [1.807, 2.05) is 0 Å². The van der Waals surface area contributed by atoms with Crippen molar-refractivity contribution in [2.24, 2.45) is 5.73 Å². The van der Waals surface area contributed by atoms with E-state index < -0.39 is 18.1 Å². The molecule has 1 fully saturated rings. The van der Waals surface area contributed by atoms with Gasteiger partial charge < -0.3 is 15.9 Å². The van der Waals surface area contributed by atoms with E-state index in [1.54, 1.807) is 10.9 Å². The summed E-state index contributed by atoms with van der Waals surface area (Å²) < 4.78 is 1.61. The van der Waals surface area contributed by atoms with E-state index in [0.717, 1.165) is 19.3 Å². The molecule has 7 nitrogen and oxygen atoms in total. The minimum Gasteiger partial charge on any atom is -0.480 e. The van der Waals surface area contributed by atoms with Crippen LogP contribution in [0.1, 0.15) is 31.0 Å². The minimum atomic E-state index is -1.06. The first-order valence-electron chi connectivity index (χ1n) is 5.65. The van der Waals surface area contributed by atoms with Gasteiger partial charge >= 0.3 is 5.97 Å². The molecule has 1 aliphatic carbocycles. The van der Waals surface area contributed by atoms with E-state index in [4.69, 9.17) is 10.8 Å². The molecule has 1 aromatic heterocycles. The van der Waals surface area contributed by atoms with Crippen molar-refractivity contribution in [2.75, 3.05) is 0 Å². The van der Waals surface area contributed by atoms with Crippen molar-refractivity contribution in [3.63, 3.8) is 0 Å². The van der Waals surface area contributed by atoms with E-state index in [1.165, 1.54) is 0 Å². The third kappa shape index (κ3) is 2.62. The lowest BCUT2D eigenvalue weighted by Crippen LogP contribution is -2.32. The van der Waals surface area contributed by atoms with Crippen LogP contribution in [0.2, 0.25) is 0 Å². The van der Waals surface area contributed by atoms with Crippen LogP contribution in [0, 0.1) is 0 Å². The molecular weight excluding hydrogens is 224 g/mol. The van der Waals surface area contributed by atoms with E-state index >= 15 is 0 Å². The Balaban J connectivity index is 2.03. The zero-order valence-electron chi connectivity index (χ0n) is 9.36. The van der Waals surface area contributed by atoms with Crippen LogP contribution in [0.3, 0.4) is 0 Å². The summed E-state index contributed by atoms with van der Waals surface area (Å²) >= 11 is 0. The molecule has 3 atom stereocenters. The fraction of sp³-hybridized carbons (Fsp3) is 0.700. The number of aliphatic hydroxyl groups excluding tert-OH is 1. The molecule has 0 spiro atoms. The standard InChI is InChI=1S/C10H16N4O3/c11-7(10(16)17)4-6-5-14(13-12-6)8-2-1-3-9(8)15/h5,7-9,15H,1-4,11H2,(H,16,17). The first kappa shape index (κ1) is 12.0. The number of hydrogen-bond acceptors (Lipinski definition) is 5. The predicted molar refractivity (Wildman–Crippen MR) is 58.2 cm³/mol. The van der Waals surface area contributed by atoms with Gasteiger partial charge in [-0.05, 0) is 19.3 Å². The Morgan fingerprint density at radius 3 is 3.00 bits per heavy atom. The second-order valence-electron chi connectivity index (χ2n) is 4.40. The molecule has 0 amide bonds. The molecule has 7 heteroatoms. The fourth-order valence-electron chi connectivity index (χ4n) is 2.11. The second kappa shape index (κ2) is 4.80. The van der Waals surface area contributed by atoms with Gasteiger partial charge in [0.2, 0.25) is 0 Å². The van der Waals surface area contributed by atoms with Crippen molar-refractivity contribution < 1.29 is 15.0 Å². The molecule has 1 saturated carbocycles. The lowest BCUT2D eigenvalue weighted by atomic mass is 10.2. The molecule has 94 valence electrons. The third-order valence-corrected chi connectivity index (χ3v) is 3.09. The van der Waals surface area contributed by atoms with Gasteiger partial charge in [-0.15, -0.1) is 5.10 Å². The zero-order chi connectivity index (χ0) is 12.4. The van der Waals surface area contributed by atoms with Gasteiger partial charge in [-0.3, -0.25) is 4.79 Å². The van der Waals surface area contributed by atoms with E-state index in [2.05, 4.69) is 10.3 Å². The number of carboxylic acid groups (broad SMARTS) is 1. The highest BCUT2D eigenvalue weighted by Gasteiger charge is 2.28. The number of carboxylic acids is 1. The molecule has 17 heavy (non-hydrogen) atoms. The van der Waals surface area contributed by atoms with Crippen LogP contribution in [0.4, 0.5) is 0 Å². The maximum Gasteiger partial charge on any atom is 0.320 e. The smallest absolute Gasteiger partial charge is 0.320 e. The highest BCUT2D eigenvalue weighted by atomic mass is 16.4. The maximum absolute atomic E-state index is 10.6. The largest absolute Gasteiger partial charge is 0.480 e. The monoisotopic (exact) mass is 240 g/mol. The lowest BCUT2D eigenvalue weighted by Gasteiger charge is -2.13. The third-order valence-electron chi connectivity index (χ3n) is 3.09. The lowest BCUT2D eigenvalue weighted by molar-refractivity contribution is -0.138. The van der Waals surface area contributed by atoms with Crippen molar-refractivity contribution in [1.82, 2.24) is 15.0 Å². The number of hydrogen-bond donors (Lipinski definition) is 3. The predicted octanol–water partition coefficient (Wildman–Crippen LogP) is -0.682. The molecule has 0 radical (unpaired) electrons. The Hall–Kier alpha value is -1.47. The number of carbonyl (C=O) groups is 1. The highest BCUT2D eigenvalue weighted by Crippen LogP contribution is 2.29. The first-order chi connectivity index (χ1) is 8.08. The van der Waals surface area contributed by atoms with Gasteiger partial charge in [-0.2, -0.15) is 0 Å². The van der Waals surface area contributed by atoms with Crippen molar-refractivity contribution in [1.29, 1.82) is 0 Å². The molecule has 3 unspecified atom stereocenters. The SMILES string of the molecule is NC(Cc1cn(C2CCCC2O)nn1)C(=O)O. The Morgan fingerprint density at radius 1 is 1.65 bits per heavy atom. The van der Waals surface area contributed by atoms with Crippen molar-refractivity contribution in [3.05, 3.63) is 11.9 Å². The average Bonchev–Trinajstić information content (AvgIpc) is 2.86. The molecule has 2 rings (SSSR count). The molecule has 4 N–H and O–H groups in total. The summed E-state index contributed by atoms with van der Waals surface area (Å²) in [4.78, 5) is 10.6. The van der Waals surface area contributed by atoms with Gasteiger partial charge in [0.25, 0.3) is 0 Å². The van der Waals surface area contributed by atoms with E-state index in [-0.39, 0.29) is 12.5 Å². The molecule has 1 aromatic rings. The van der Waals surface area contributed by atoms with E-state index in [9.17, 15) is 9.90 Å². The Bertz CT molecular complexity index is 406. The van der Waals surface area contributed by atoms with Crippen LogP contribution >= 0.6 is 0 Å². The molecular formula is C10H16N4O3. The Morgan fingerprint density at radius 2 is 2.41 bits per heavy atom. The quantitative estimate of drug-likeness (QED) is 0.642. The number of nitrogens with zero attached hydrogens (tertiary/aromatic N) is 3. The molecule has 0 aromatic carbocycles. The second-order valence-corrected chi connectivity index (χ2v) is 4.40. The molecule has 0 saturated heterocycles. The number of aromatic nitrogens is 3. The topological polar surface area (TPSA) is 114 Å². The molecule has 0 bridgehead atoms. The van der Waals surface area contributed by atoms with Crippen LogP contribution in [0.5, 0.6) is 0 Å². The van der Waals surface area contributed by atoms with Gasteiger partial charge in [0.05, 0.1) is 17.8 Å². The number of rotatable bonds is 4. The van der Waals surface area contributed by atoms with Gasteiger partial charge in [-0.1, -0.05) is 5.21 Å². The fourth-order valence-corrected chi connectivity index (χ4v) is 2.11. The number of nitrogens with two attached hydrogens (primary N) is 1. The van der Waals surface area contributed by atoms with Crippen LogP contribution in [0.25, 0.3) is 0 Å². The number of aliphatic hydroxyl groups is 1. The van der Waals surface area contributed by atoms with Crippen LogP contribution in [0.15, 0.2) is 6.20 Å². The Kier molecular flexibility index (Phi) is 3.39. The summed E-state index contributed by atoms with van der Waals surface area (Å²) in [6.45, 7) is 0. The Labute approximate surface area is 98.2 Å². The maximum atomic E-state index is 10.6. The number of aliphatic carboxylic acids is 1. The van der Waals surface area contributed by atoms with Gasteiger partial charge in [0.1, 0.15) is 6.04 Å². The summed E-state index contributed by atoms with van der Waals surface area (Å²) in [5.41, 5.74) is 5.95. The zero-order valence-corrected chi connectivity index (χ0v) is 9.36. The molecule has 1 aliphatic rings. The van der Waals surface area contributed by atoms with Gasteiger partial charge in [0, 0.05) is 12.6 Å². The van der Waals surface area contributed by atoms with Crippen LogP contribution < -0.4 is 5.73 Å². The van der Waals surface area contributed by atoms with Crippen LogP contribution in [-0.2, 0) is 11.2 Å². The summed E-state index contributed by atoms with van der Waals surface area (Å²) in [5.74, 6) is -1.06. The van der Waals surface area contributed by atoms with Crippen molar-refractivity contribution >= 4 is 5.97 Å². The van der Waals surface area contributed by atoms with Gasteiger partial charge in [0.15, 0.2) is 0 Å². The van der Waals surface area contributed by atoms with Crippen molar-refractivity contribution in [2.45, 2.75) is 43.9 Å². The van der Waals surface area contributed by atoms with E-state index in [0.29, 0.717) is 5.69 Å². The minimum absolute atomic E-state index is 0.0442. The first-order valence-corrected chi connectivity index (χ1v) is 5.65. The summed E-state index contributed by atoms with van der Waals surface area (Å²) in [7, 11) is 0. The van der Waals surface area contributed by atoms with Gasteiger partial charge in [-0.25, -0.2) is 4.68 Å². The van der Waals surface area contributed by atoms with Crippen molar-refractivity contribution in [3.8, 4) is 0 Å². The summed E-state index contributed by atoms with van der Waals surface area (Å²) in [6, 6.07) is -1.01.